The highest BCUT2D eigenvalue weighted by Crippen LogP contribution is 2.32. The van der Waals surface area contributed by atoms with Gasteiger partial charge in [0, 0.05) is 30.1 Å². The van der Waals surface area contributed by atoms with Crippen LogP contribution in [0.4, 0.5) is 0 Å². The number of aromatic nitrogens is 1. The van der Waals surface area contributed by atoms with E-state index in [0.29, 0.717) is 12.3 Å². The molecular formula is C26H24N4O2S. The lowest BCUT2D eigenvalue weighted by Gasteiger charge is -2.14. The van der Waals surface area contributed by atoms with Crippen LogP contribution in [-0.4, -0.2) is 26.5 Å². The number of nitrogens with two attached hydrogens (primary N) is 1. The third-order valence-corrected chi connectivity index (χ3v) is 5.59. The fraction of sp³-hybridized carbons (Fsp3) is 0.115. The van der Waals surface area contributed by atoms with Crippen molar-refractivity contribution in [2.24, 2.45) is 10.8 Å². The first kappa shape index (κ1) is 22.2. The Kier molecular flexibility index (Phi) is 6.80. The molecular weight excluding hydrogens is 432 g/mol. The molecule has 7 heteroatoms. The van der Waals surface area contributed by atoms with Crippen molar-refractivity contribution in [1.29, 1.82) is 0 Å². The van der Waals surface area contributed by atoms with Crippen LogP contribution < -0.4 is 11.2 Å². The fourth-order valence-electron chi connectivity index (χ4n) is 3.97. The van der Waals surface area contributed by atoms with Gasteiger partial charge < -0.3 is 15.4 Å². The number of benzene rings is 3. The van der Waals surface area contributed by atoms with Gasteiger partial charge in [0.25, 0.3) is 0 Å². The first-order valence-electron chi connectivity index (χ1n) is 10.5. The summed E-state index contributed by atoms with van der Waals surface area (Å²) >= 11 is 4.89. The summed E-state index contributed by atoms with van der Waals surface area (Å²) in [6, 6.07) is 27.4. The highest BCUT2D eigenvalue weighted by Gasteiger charge is 2.27. The lowest BCUT2D eigenvalue weighted by atomic mass is 9.91. The van der Waals surface area contributed by atoms with Crippen molar-refractivity contribution in [3.63, 3.8) is 0 Å². The second kappa shape index (κ2) is 10.1. The number of nitrogens with one attached hydrogen (secondary N) is 1. The summed E-state index contributed by atoms with van der Waals surface area (Å²) in [5.41, 5.74) is 12.4. The Labute approximate surface area is 197 Å². The zero-order valence-corrected chi connectivity index (χ0v) is 18.7. The molecule has 166 valence electrons. The molecule has 0 radical (unpaired) electrons. The van der Waals surface area contributed by atoms with Gasteiger partial charge in [-0.2, -0.15) is 5.10 Å². The molecule has 4 N–H and O–H groups in total. The third kappa shape index (κ3) is 5.27. The van der Waals surface area contributed by atoms with E-state index < -0.39 is 11.9 Å². The van der Waals surface area contributed by atoms with E-state index in [4.69, 9.17) is 18.0 Å². The zero-order valence-electron chi connectivity index (χ0n) is 17.9. The molecule has 33 heavy (non-hydrogen) atoms. The van der Waals surface area contributed by atoms with E-state index in [-0.39, 0.29) is 11.5 Å². The predicted molar refractivity (Wildman–Crippen MR) is 135 cm³/mol. The minimum atomic E-state index is -0.920. The number of hydrogen-bond donors (Lipinski definition) is 3. The van der Waals surface area contributed by atoms with E-state index in [9.17, 15) is 9.90 Å². The molecule has 1 heterocycles. The number of para-hydroxylation sites is 1. The standard InChI is InChI=1S/C26H24N4O2S/c27-26(33)29-28-23(19-11-5-2-6-12-19)15-21(25(31)32)22-17-30(16-18-9-3-1-4-10-18)24-14-8-7-13-20(22)24/h1-14,17,21H,15-16H2,(H,31,32)(H3,27,29,33)/t21-/m0/s1. The highest BCUT2D eigenvalue weighted by molar-refractivity contribution is 7.80. The molecule has 0 aliphatic carbocycles. The van der Waals surface area contributed by atoms with Gasteiger partial charge in [0.2, 0.25) is 0 Å². The van der Waals surface area contributed by atoms with Crippen LogP contribution in [-0.2, 0) is 11.3 Å². The quantitative estimate of drug-likeness (QED) is 0.206. The molecule has 0 saturated carbocycles. The fourth-order valence-corrected chi connectivity index (χ4v) is 4.01. The SMILES string of the molecule is NC(=S)NN=C(C[C@H](C(=O)O)c1cn(Cc2ccccc2)c2ccccc12)c1ccccc1. The Morgan fingerprint density at radius 1 is 1.00 bits per heavy atom. The summed E-state index contributed by atoms with van der Waals surface area (Å²) in [5.74, 6) is -1.73. The van der Waals surface area contributed by atoms with Gasteiger partial charge in [-0.15, -0.1) is 0 Å². The van der Waals surface area contributed by atoms with E-state index in [2.05, 4.69) is 27.2 Å². The predicted octanol–water partition coefficient (Wildman–Crippen LogP) is 4.49. The number of rotatable bonds is 8. The lowest BCUT2D eigenvalue weighted by Crippen LogP contribution is -2.27. The van der Waals surface area contributed by atoms with Crippen molar-refractivity contribution in [3.8, 4) is 0 Å². The number of carboxylic acids is 1. The molecule has 0 bridgehead atoms. The number of nitrogens with zero attached hydrogens (tertiary/aromatic N) is 2. The summed E-state index contributed by atoms with van der Waals surface area (Å²) < 4.78 is 2.10. The second-order valence-corrected chi connectivity index (χ2v) is 8.15. The number of hydrogen-bond acceptors (Lipinski definition) is 3. The van der Waals surface area contributed by atoms with Crippen molar-refractivity contribution in [1.82, 2.24) is 9.99 Å². The van der Waals surface area contributed by atoms with E-state index >= 15 is 0 Å². The molecule has 3 aromatic carbocycles. The molecule has 4 aromatic rings. The first-order valence-corrected chi connectivity index (χ1v) is 11.0. The molecule has 4 rings (SSSR count). The van der Waals surface area contributed by atoms with Crippen LogP contribution in [0.25, 0.3) is 10.9 Å². The second-order valence-electron chi connectivity index (χ2n) is 7.71. The van der Waals surface area contributed by atoms with Crippen LogP contribution in [0.3, 0.4) is 0 Å². The van der Waals surface area contributed by atoms with Gasteiger partial charge in [-0.25, -0.2) is 0 Å². The van der Waals surface area contributed by atoms with Gasteiger partial charge >= 0.3 is 5.97 Å². The van der Waals surface area contributed by atoms with Crippen molar-refractivity contribution >= 4 is 39.9 Å². The molecule has 6 nitrogen and oxygen atoms in total. The van der Waals surface area contributed by atoms with Crippen LogP contribution in [0.2, 0.25) is 0 Å². The van der Waals surface area contributed by atoms with Crippen molar-refractivity contribution in [2.75, 3.05) is 0 Å². The van der Waals surface area contributed by atoms with Crippen molar-refractivity contribution in [2.45, 2.75) is 18.9 Å². The summed E-state index contributed by atoms with van der Waals surface area (Å²) in [5, 5.41) is 15.5. The minimum Gasteiger partial charge on any atom is -0.481 e. The number of fused-ring (bicyclic) bond motifs is 1. The number of carboxylic acid groups (broad SMARTS) is 1. The first-order chi connectivity index (χ1) is 16.0. The molecule has 0 amide bonds. The Morgan fingerprint density at radius 3 is 2.30 bits per heavy atom. The Balaban J connectivity index is 1.76. The molecule has 0 fully saturated rings. The Hall–Kier alpha value is -3.97. The van der Waals surface area contributed by atoms with Crippen molar-refractivity contribution < 1.29 is 9.90 Å². The van der Waals surface area contributed by atoms with Crippen LogP contribution in [0, 0.1) is 0 Å². The monoisotopic (exact) mass is 456 g/mol. The van der Waals surface area contributed by atoms with Crippen molar-refractivity contribution in [3.05, 3.63) is 108 Å². The number of thiocarbonyl (C=S) groups is 1. The third-order valence-electron chi connectivity index (χ3n) is 5.49. The van der Waals surface area contributed by atoms with Crippen LogP contribution in [0.1, 0.15) is 29.0 Å². The molecule has 0 aliphatic heterocycles. The summed E-state index contributed by atoms with van der Waals surface area (Å²) in [6.45, 7) is 0.649. The average molecular weight is 457 g/mol. The van der Waals surface area contributed by atoms with E-state index in [1.807, 2.05) is 79.0 Å². The topological polar surface area (TPSA) is 92.6 Å². The molecule has 1 aromatic heterocycles. The summed E-state index contributed by atoms with van der Waals surface area (Å²) in [7, 11) is 0. The van der Waals surface area contributed by atoms with E-state index in [0.717, 1.165) is 27.6 Å². The van der Waals surface area contributed by atoms with Crippen LogP contribution >= 0.6 is 12.2 Å². The van der Waals surface area contributed by atoms with E-state index in [1.54, 1.807) is 0 Å². The molecule has 0 unspecified atom stereocenters. The molecule has 1 atom stereocenters. The average Bonchev–Trinajstić information content (AvgIpc) is 3.18. The smallest absolute Gasteiger partial charge is 0.311 e. The number of aliphatic carboxylic acids is 1. The summed E-state index contributed by atoms with van der Waals surface area (Å²) in [6.07, 6.45) is 2.12. The summed E-state index contributed by atoms with van der Waals surface area (Å²) in [4.78, 5) is 12.5. The van der Waals surface area contributed by atoms with Gasteiger partial charge in [-0.1, -0.05) is 78.9 Å². The highest BCUT2D eigenvalue weighted by atomic mass is 32.1. The zero-order chi connectivity index (χ0) is 23.2. The lowest BCUT2D eigenvalue weighted by molar-refractivity contribution is -0.138. The molecule has 0 saturated heterocycles. The van der Waals surface area contributed by atoms with Gasteiger partial charge in [0.15, 0.2) is 5.11 Å². The number of carbonyl (C=O) groups is 1. The number of hydrazone groups is 1. The van der Waals surface area contributed by atoms with Gasteiger partial charge in [-0.05, 0) is 35.0 Å². The largest absolute Gasteiger partial charge is 0.481 e. The van der Waals surface area contributed by atoms with E-state index in [1.165, 1.54) is 0 Å². The minimum absolute atomic E-state index is 0.0229. The molecule has 0 aliphatic rings. The van der Waals surface area contributed by atoms with Gasteiger partial charge in [0.05, 0.1) is 11.6 Å². The molecule has 0 spiro atoms. The van der Waals surface area contributed by atoms with Gasteiger partial charge in [-0.3, -0.25) is 10.2 Å². The van der Waals surface area contributed by atoms with Crippen LogP contribution in [0.5, 0.6) is 0 Å². The maximum Gasteiger partial charge on any atom is 0.311 e. The Morgan fingerprint density at radius 2 is 1.64 bits per heavy atom. The van der Waals surface area contributed by atoms with Crippen LogP contribution in [0.15, 0.2) is 96.2 Å². The normalized spacial score (nSPS) is 12.4. The van der Waals surface area contributed by atoms with Gasteiger partial charge in [0.1, 0.15) is 0 Å². The maximum atomic E-state index is 12.5. The maximum absolute atomic E-state index is 12.5. The Bertz CT molecular complexity index is 1300.